The molecule has 2 aromatic carbocycles. The van der Waals surface area contributed by atoms with Gasteiger partial charge in [0.1, 0.15) is 5.60 Å². The number of carbonyl (C=O) groups excluding carboxylic acids is 1. The van der Waals surface area contributed by atoms with E-state index in [2.05, 4.69) is 13.0 Å². The molecule has 0 aliphatic heterocycles. The van der Waals surface area contributed by atoms with Crippen molar-refractivity contribution < 1.29 is 19.7 Å². The van der Waals surface area contributed by atoms with E-state index in [4.69, 9.17) is 4.74 Å². The van der Waals surface area contributed by atoms with E-state index in [0.29, 0.717) is 35.5 Å². The molecule has 0 spiro atoms. The van der Waals surface area contributed by atoms with Crippen LogP contribution >= 0.6 is 0 Å². The van der Waals surface area contributed by atoms with Crippen LogP contribution in [-0.4, -0.2) is 28.7 Å². The highest BCUT2D eigenvalue weighted by Gasteiger charge is 2.64. The molecule has 2 saturated carbocycles. The molecule has 4 heteroatoms. The van der Waals surface area contributed by atoms with Gasteiger partial charge in [0, 0.05) is 16.5 Å². The molecule has 3 aliphatic rings. The Morgan fingerprint density at radius 1 is 1.07 bits per heavy atom. The van der Waals surface area contributed by atoms with E-state index in [9.17, 15) is 15.0 Å². The van der Waals surface area contributed by atoms with E-state index in [1.807, 2.05) is 30.3 Å². The second-order valence-electron chi connectivity index (χ2n) is 9.65. The molecule has 0 saturated heterocycles. The van der Waals surface area contributed by atoms with Gasteiger partial charge >= 0.3 is 0 Å². The molecule has 0 heterocycles. The average molecular weight is 407 g/mol. The van der Waals surface area contributed by atoms with E-state index >= 15 is 0 Å². The molecular weight excluding hydrogens is 376 g/mol. The van der Waals surface area contributed by atoms with Crippen molar-refractivity contribution in [2.45, 2.75) is 57.0 Å². The van der Waals surface area contributed by atoms with Crippen molar-refractivity contribution in [3.05, 3.63) is 59.2 Å². The highest BCUT2D eigenvalue weighted by Crippen LogP contribution is 2.65. The van der Waals surface area contributed by atoms with E-state index in [-0.39, 0.29) is 11.5 Å². The smallest absolute Gasteiger partial charge is 0.194 e. The predicted octanol–water partition coefficient (Wildman–Crippen LogP) is 4.87. The monoisotopic (exact) mass is 406 g/mol. The number of hydrogen-bond donors (Lipinski definition) is 2. The normalized spacial score (nSPS) is 34.6. The van der Waals surface area contributed by atoms with Crippen LogP contribution in [0, 0.1) is 17.3 Å². The second-order valence-corrected chi connectivity index (χ2v) is 9.65. The highest BCUT2D eigenvalue weighted by molar-refractivity contribution is 6.03. The second kappa shape index (κ2) is 6.84. The van der Waals surface area contributed by atoms with Gasteiger partial charge in [0.15, 0.2) is 17.3 Å². The van der Waals surface area contributed by atoms with Crippen molar-refractivity contribution in [3.63, 3.8) is 0 Å². The van der Waals surface area contributed by atoms with Crippen LogP contribution in [0.5, 0.6) is 11.5 Å². The molecular formula is C26H30O4. The van der Waals surface area contributed by atoms with Gasteiger partial charge in [0.05, 0.1) is 7.11 Å². The van der Waals surface area contributed by atoms with Gasteiger partial charge in [-0.1, -0.05) is 43.3 Å². The van der Waals surface area contributed by atoms with Crippen LogP contribution in [0.15, 0.2) is 42.5 Å². The van der Waals surface area contributed by atoms with Crippen molar-refractivity contribution in [2.75, 3.05) is 7.11 Å². The Morgan fingerprint density at radius 2 is 1.83 bits per heavy atom. The minimum absolute atomic E-state index is 0.116. The molecule has 4 nitrogen and oxygen atoms in total. The third-order valence-electron chi connectivity index (χ3n) is 8.61. The van der Waals surface area contributed by atoms with Crippen molar-refractivity contribution in [1.82, 2.24) is 0 Å². The number of phenolic OH excluding ortho intramolecular Hbond substituents is 1. The number of benzene rings is 2. The Balaban J connectivity index is 1.50. The van der Waals surface area contributed by atoms with Crippen LogP contribution in [0.2, 0.25) is 0 Å². The van der Waals surface area contributed by atoms with Crippen LogP contribution in [0.3, 0.4) is 0 Å². The Bertz CT molecular complexity index is 984. The molecule has 0 amide bonds. The first kappa shape index (κ1) is 19.6. The molecule has 2 fully saturated rings. The Labute approximate surface area is 177 Å². The molecule has 2 N–H and O–H groups in total. The molecule has 30 heavy (non-hydrogen) atoms. The Morgan fingerprint density at radius 3 is 2.57 bits per heavy atom. The standard InChI is InChI=1S/C26H30O4/c1-25-14-12-18-17-10-11-22(27)23(30-2)20(17)9-8-19(18)21(25)13-15-26(25,29)24(28)16-6-4-3-5-7-16/h3-7,10-11,18-19,21,27,29H,8-9,12-15H2,1-2H3/t18-,19-,21+,25+,26-/m1/s1. The highest BCUT2D eigenvalue weighted by atomic mass is 16.5. The van der Waals surface area contributed by atoms with Gasteiger partial charge in [-0.15, -0.1) is 0 Å². The third-order valence-corrected chi connectivity index (χ3v) is 8.61. The Hall–Kier alpha value is -2.33. The molecule has 5 atom stereocenters. The number of ether oxygens (including phenoxy) is 1. The summed E-state index contributed by atoms with van der Waals surface area (Å²) in [7, 11) is 1.62. The van der Waals surface area contributed by atoms with E-state index in [0.717, 1.165) is 37.7 Å². The summed E-state index contributed by atoms with van der Waals surface area (Å²) < 4.78 is 5.51. The lowest BCUT2D eigenvalue weighted by atomic mass is 9.52. The summed E-state index contributed by atoms with van der Waals surface area (Å²) >= 11 is 0. The summed E-state index contributed by atoms with van der Waals surface area (Å²) in [6, 6.07) is 13.1. The maximum absolute atomic E-state index is 13.4. The van der Waals surface area contributed by atoms with Crippen molar-refractivity contribution in [2.24, 2.45) is 17.3 Å². The quantitative estimate of drug-likeness (QED) is 0.714. The lowest BCUT2D eigenvalue weighted by molar-refractivity contribution is -0.0773. The summed E-state index contributed by atoms with van der Waals surface area (Å²) in [6.07, 6.45) is 5.08. The first-order valence-corrected chi connectivity index (χ1v) is 11.1. The molecule has 5 rings (SSSR count). The van der Waals surface area contributed by atoms with Crippen LogP contribution in [0.1, 0.15) is 66.4 Å². The first-order valence-electron chi connectivity index (χ1n) is 11.1. The number of ketones is 1. The summed E-state index contributed by atoms with van der Waals surface area (Å²) in [5.41, 5.74) is 1.33. The topological polar surface area (TPSA) is 66.8 Å². The number of carbonyl (C=O) groups is 1. The van der Waals surface area contributed by atoms with Gasteiger partial charge in [0.2, 0.25) is 0 Å². The number of methoxy groups -OCH3 is 1. The first-order chi connectivity index (χ1) is 14.4. The third kappa shape index (κ3) is 2.52. The summed E-state index contributed by atoms with van der Waals surface area (Å²) in [5, 5.41) is 22.0. The van der Waals surface area contributed by atoms with Crippen molar-refractivity contribution in [3.8, 4) is 11.5 Å². The van der Waals surface area contributed by atoms with Crippen molar-refractivity contribution in [1.29, 1.82) is 0 Å². The fourth-order valence-electron chi connectivity index (χ4n) is 7.07. The summed E-state index contributed by atoms with van der Waals surface area (Å²) in [4.78, 5) is 13.4. The van der Waals surface area contributed by atoms with Crippen LogP contribution < -0.4 is 4.74 Å². The van der Waals surface area contributed by atoms with E-state index in [1.54, 1.807) is 13.2 Å². The lowest BCUT2D eigenvalue weighted by Gasteiger charge is -2.52. The van der Waals surface area contributed by atoms with Crippen LogP contribution in [0.4, 0.5) is 0 Å². The molecule has 3 aliphatic carbocycles. The minimum Gasteiger partial charge on any atom is -0.504 e. The van der Waals surface area contributed by atoms with Crippen molar-refractivity contribution >= 4 is 5.78 Å². The maximum atomic E-state index is 13.4. The number of Topliss-reactive ketones (excluding diaryl/α,β-unsaturated/α-hetero) is 1. The SMILES string of the molecule is COc1c(O)ccc2c1CC[C@@H]1[C@@H]2CC[C@@]2(C)[C@H]1CC[C@@]2(O)C(=O)c1ccccc1. The molecule has 2 aromatic rings. The van der Waals surface area contributed by atoms with Gasteiger partial charge in [0.25, 0.3) is 0 Å². The molecule has 0 bridgehead atoms. The fourth-order valence-corrected chi connectivity index (χ4v) is 7.07. The van der Waals surface area contributed by atoms with E-state index in [1.165, 1.54) is 5.56 Å². The largest absolute Gasteiger partial charge is 0.504 e. The van der Waals surface area contributed by atoms with Gasteiger partial charge in [-0.25, -0.2) is 0 Å². The van der Waals surface area contributed by atoms with Crippen LogP contribution in [0.25, 0.3) is 0 Å². The molecule has 0 unspecified atom stereocenters. The van der Waals surface area contributed by atoms with Gasteiger partial charge in [-0.05, 0) is 67.9 Å². The number of hydrogen-bond acceptors (Lipinski definition) is 4. The number of aliphatic hydroxyl groups is 1. The lowest BCUT2D eigenvalue weighted by Crippen LogP contribution is -2.55. The van der Waals surface area contributed by atoms with Crippen LogP contribution in [-0.2, 0) is 6.42 Å². The van der Waals surface area contributed by atoms with Gasteiger partial charge < -0.3 is 14.9 Å². The predicted molar refractivity (Wildman–Crippen MR) is 115 cm³/mol. The fraction of sp³-hybridized carbons (Fsp3) is 0.500. The number of phenols is 1. The zero-order chi connectivity index (χ0) is 21.1. The summed E-state index contributed by atoms with van der Waals surface area (Å²) in [5.74, 6) is 1.87. The van der Waals surface area contributed by atoms with Gasteiger partial charge in [-0.2, -0.15) is 0 Å². The minimum atomic E-state index is -1.29. The summed E-state index contributed by atoms with van der Waals surface area (Å²) in [6.45, 7) is 2.15. The molecule has 0 radical (unpaired) electrons. The number of fused-ring (bicyclic) bond motifs is 5. The maximum Gasteiger partial charge on any atom is 0.194 e. The molecule has 158 valence electrons. The number of aromatic hydroxyl groups is 1. The Kier molecular flexibility index (Phi) is 4.48. The number of rotatable bonds is 3. The van der Waals surface area contributed by atoms with Gasteiger partial charge in [-0.3, -0.25) is 4.79 Å². The average Bonchev–Trinajstić information content (AvgIpc) is 3.05. The molecule has 0 aromatic heterocycles. The van der Waals surface area contributed by atoms with E-state index < -0.39 is 11.0 Å². The zero-order valence-electron chi connectivity index (χ0n) is 17.7. The zero-order valence-corrected chi connectivity index (χ0v) is 17.7.